The summed E-state index contributed by atoms with van der Waals surface area (Å²) in [6, 6.07) is 0. The number of nitrogens with zero attached hydrogens (tertiary/aromatic N) is 1. The van der Waals surface area contributed by atoms with Crippen LogP contribution in [0.2, 0.25) is 0 Å². The predicted octanol–water partition coefficient (Wildman–Crippen LogP) is 1.85. The summed E-state index contributed by atoms with van der Waals surface area (Å²) in [6.07, 6.45) is 3.37. The quantitative estimate of drug-likeness (QED) is 0.806. The first-order valence-electron chi connectivity index (χ1n) is 6.98. The van der Waals surface area contributed by atoms with Gasteiger partial charge in [-0.15, -0.1) is 0 Å². The van der Waals surface area contributed by atoms with E-state index in [1.165, 1.54) is 0 Å². The highest BCUT2D eigenvalue weighted by Gasteiger charge is 2.36. The molecule has 1 heterocycles. The minimum Gasteiger partial charge on any atom is -0.396 e. The Morgan fingerprint density at radius 1 is 1.28 bits per heavy atom. The third-order valence-corrected chi connectivity index (χ3v) is 6.60. The van der Waals surface area contributed by atoms with Crippen LogP contribution in [0.3, 0.4) is 0 Å². The Morgan fingerprint density at radius 3 is 2.22 bits per heavy atom. The molecular formula is C13H27NO3S. The fourth-order valence-corrected chi connectivity index (χ4v) is 4.35. The van der Waals surface area contributed by atoms with Crippen LogP contribution in [0.1, 0.15) is 46.5 Å². The van der Waals surface area contributed by atoms with E-state index in [1.807, 2.05) is 13.8 Å². The summed E-state index contributed by atoms with van der Waals surface area (Å²) in [7, 11) is -3.11. The van der Waals surface area contributed by atoms with E-state index < -0.39 is 10.0 Å². The number of hydrogen-bond acceptors (Lipinski definition) is 3. The molecule has 1 fully saturated rings. The number of piperidine rings is 1. The number of sulfonamides is 1. The second-order valence-electron chi connectivity index (χ2n) is 5.70. The first kappa shape index (κ1) is 15.9. The second-order valence-corrected chi connectivity index (χ2v) is 7.72. The highest BCUT2D eigenvalue weighted by atomic mass is 32.2. The molecule has 0 aliphatic carbocycles. The van der Waals surface area contributed by atoms with Crippen LogP contribution >= 0.6 is 0 Å². The normalized spacial score (nSPS) is 22.9. The summed E-state index contributed by atoms with van der Waals surface area (Å²) in [6.45, 7) is 7.36. The molecule has 1 rings (SSSR count). The second kappa shape index (κ2) is 6.35. The Bertz CT molecular complexity index is 339. The van der Waals surface area contributed by atoms with Crippen LogP contribution in [0.15, 0.2) is 0 Å². The SMILES string of the molecule is CCC(C)CS(=O)(=O)N1CCC(CC)(CO)CC1. The van der Waals surface area contributed by atoms with Gasteiger partial charge in [0, 0.05) is 19.7 Å². The van der Waals surface area contributed by atoms with E-state index in [2.05, 4.69) is 6.92 Å². The van der Waals surface area contributed by atoms with Crippen LogP contribution in [0.5, 0.6) is 0 Å². The maximum Gasteiger partial charge on any atom is 0.214 e. The van der Waals surface area contributed by atoms with Crippen LogP contribution < -0.4 is 0 Å². The van der Waals surface area contributed by atoms with Crippen LogP contribution in [0.25, 0.3) is 0 Å². The molecule has 0 aromatic carbocycles. The molecule has 0 spiro atoms. The average Bonchev–Trinajstić information content (AvgIpc) is 2.38. The van der Waals surface area contributed by atoms with Gasteiger partial charge in [0.05, 0.1) is 5.75 Å². The molecule has 1 aliphatic heterocycles. The molecule has 1 unspecified atom stereocenters. The minimum absolute atomic E-state index is 0.0532. The zero-order valence-electron chi connectivity index (χ0n) is 11.9. The molecule has 18 heavy (non-hydrogen) atoms. The average molecular weight is 277 g/mol. The van der Waals surface area contributed by atoms with Crippen molar-refractivity contribution in [3.8, 4) is 0 Å². The van der Waals surface area contributed by atoms with E-state index in [9.17, 15) is 13.5 Å². The maximum absolute atomic E-state index is 12.2. The van der Waals surface area contributed by atoms with Crippen molar-refractivity contribution in [3.63, 3.8) is 0 Å². The molecule has 5 heteroatoms. The molecule has 4 nitrogen and oxygen atoms in total. The van der Waals surface area contributed by atoms with Crippen LogP contribution in [0, 0.1) is 11.3 Å². The molecule has 1 saturated heterocycles. The number of hydrogen-bond donors (Lipinski definition) is 1. The summed E-state index contributed by atoms with van der Waals surface area (Å²) in [5.74, 6) is 0.465. The Hall–Kier alpha value is -0.130. The largest absolute Gasteiger partial charge is 0.396 e. The first-order valence-corrected chi connectivity index (χ1v) is 8.58. The summed E-state index contributed by atoms with van der Waals surface area (Å²) in [5, 5.41) is 9.45. The van der Waals surface area contributed by atoms with Gasteiger partial charge in [0.25, 0.3) is 0 Å². The van der Waals surface area contributed by atoms with Crippen molar-refractivity contribution in [1.29, 1.82) is 0 Å². The highest BCUT2D eigenvalue weighted by molar-refractivity contribution is 7.89. The van der Waals surface area contributed by atoms with Crippen molar-refractivity contribution in [2.24, 2.45) is 11.3 Å². The van der Waals surface area contributed by atoms with E-state index in [1.54, 1.807) is 4.31 Å². The van der Waals surface area contributed by atoms with Gasteiger partial charge in [-0.25, -0.2) is 12.7 Å². The van der Waals surface area contributed by atoms with Crippen molar-refractivity contribution in [3.05, 3.63) is 0 Å². The molecule has 0 amide bonds. The molecule has 1 N–H and O–H groups in total. The number of aliphatic hydroxyl groups excluding tert-OH is 1. The van der Waals surface area contributed by atoms with E-state index in [0.717, 1.165) is 25.7 Å². The van der Waals surface area contributed by atoms with Crippen molar-refractivity contribution >= 4 is 10.0 Å². The van der Waals surface area contributed by atoms with Gasteiger partial charge in [-0.2, -0.15) is 0 Å². The first-order chi connectivity index (χ1) is 8.39. The van der Waals surface area contributed by atoms with Crippen LogP contribution in [-0.2, 0) is 10.0 Å². The van der Waals surface area contributed by atoms with Gasteiger partial charge >= 0.3 is 0 Å². The van der Waals surface area contributed by atoms with Crippen molar-refractivity contribution < 1.29 is 13.5 Å². The number of rotatable bonds is 6. The van der Waals surface area contributed by atoms with Crippen molar-refractivity contribution in [1.82, 2.24) is 4.31 Å². The topological polar surface area (TPSA) is 57.6 Å². The molecular weight excluding hydrogens is 250 g/mol. The third kappa shape index (κ3) is 3.68. The lowest BCUT2D eigenvalue weighted by molar-refractivity contribution is 0.0647. The van der Waals surface area contributed by atoms with Crippen molar-refractivity contribution in [2.75, 3.05) is 25.4 Å². The Morgan fingerprint density at radius 2 is 1.83 bits per heavy atom. The predicted molar refractivity (Wildman–Crippen MR) is 73.9 cm³/mol. The Balaban J connectivity index is 2.62. The summed E-state index contributed by atoms with van der Waals surface area (Å²) >= 11 is 0. The lowest BCUT2D eigenvalue weighted by atomic mass is 9.77. The molecule has 0 bridgehead atoms. The van der Waals surface area contributed by atoms with E-state index in [4.69, 9.17) is 0 Å². The maximum atomic E-state index is 12.2. The van der Waals surface area contributed by atoms with Gasteiger partial charge in [0.15, 0.2) is 0 Å². The van der Waals surface area contributed by atoms with Gasteiger partial charge in [-0.3, -0.25) is 0 Å². The van der Waals surface area contributed by atoms with Gasteiger partial charge in [0.2, 0.25) is 10.0 Å². The fraction of sp³-hybridized carbons (Fsp3) is 1.00. The van der Waals surface area contributed by atoms with E-state index >= 15 is 0 Å². The van der Waals surface area contributed by atoms with Gasteiger partial charge in [0.1, 0.15) is 0 Å². The van der Waals surface area contributed by atoms with Crippen molar-refractivity contribution in [2.45, 2.75) is 46.5 Å². The summed E-state index contributed by atoms with van der Waals surface area (Å²) < 4.78 is 26.0. The van der Waals surface area contributed by atoms with E-state index in [-0.39, 0.29) is 23.7 Å². The van der Waals surface area contributed by atoms with Crippen LogP contribution in [-0.4, -0.2) is 43.3 Å². The Labute approximate surface area is 111 Å². The lowest BCUT2D eigenvalue weighted by Gasteiger charge is -2.39. The summed E-state index contributed by atoms with van der Waals surface area (Å²) in [5.41, 5.74) is -0.0532. The number of aliphatic hydroxyl groups is 1. The Kier molecular flexibility index (Phi) is 5.62. The third-order valence-electron chi connectivity index (χ3n) is 4.45. The minimum atomic E-state index is -3.11. The molecule has 1 aliphatic rings. The molecule has 108 valence electrons. The summed E-state index contributed by atoms with van der Waals surface area (Å²) in [4.78, 5) is 0. The zero-order chi connectivity index (χ0) is 13.8. The molecule has 0 saturated carbocycles. The highest BCUT2D eigenvalue weighted by Crippen LogP contribution is 2.35. The van der Waals surface area contributed by atoms with Gasteiger partial charge in [-0.1, -0.05) is 27.2 Å². The molecule has 1 atom stereocenters. The van der Waals surface area contributed by atoms with Gasteiger partial charge < -0.3 is 5.11 Å². The standard InChI is InChI=1S/C13H27NO3S/c1-4-12(3)10-18(16,17)14-8-6-13(5-2,11-15)7-9-14/h12,15H,4-11H2,1-3H3. The zero-order valence-corrected chi connectivity index (χ0v) is 12.7. The van der Waals surface area contributed by atoms with Gasteiger partial charge in [-0.05, 0) is 30.6 Å². The molecule has 0 aromatic heterocycles. The lowest BCUT2D eigenvalue weighted by Crippen LogP contribution is -2.45. The molecule has 0 aromatic rings. The van der Waals surface area contributed by atoms with Crippen LogP contribution in [0.4, 0.5) is 0 Å². The fourth-order valence-electron chi connectivity index (χ4n) is 2.44. The smallest absolute Gasteiger partial charge is 0.214 e. The monoisotopic (exact) mass is 277 g/mol. The van der Waals surface area contributed by atoms with E-state index in [0.29, 0.717) is 13.1 Å². The molecule has 0 radical (unpaired) electrons.